The summed E-state index contributed by atoms with van der Waals surface area (Å²) >= 11 is 5.08. The van der Waals surface area contributed by atoms with Crippen LogP contribution in [0.3, 0.4) is 0 Å². The fourth-order valence-corrected chi connectivity index (χ4v) is 5.23. The lowest BCUT2D eigenvalue weighted by Crippen LogP contribution is -2.03. The molecule has 0 amide bonds. The Kier molecular flexibility index (Phi) is 5.15. The Hall–Kier alpha value is -1.38. The largest absolute Gasteiger partial charge is 0.361 e. The second-order valence-electron chi connectivity index (χ2n) is 5.66. The number of aryl methyl sites for hydroxylation is 1. The minimum absolute atomic E-state index is 0.808. The van der Waals surface area contributed by atoms with Gasteiger partial charge in [-0.1, -0.05) is 34.3 Å². The van der Waals surface area contributed by atoms with E-state index in [1.165, 1.54) is 23.3 Å². The monoisotopic (exact) mass is 378 g/mol. The van der Waals surface area contributed by atoms with Crippen LogP contribution < -0.4 is 5.32 Å². The van der Waals surface area contributed by atoms with E-state index in [1.807, 2.05) is 0 Å². The number of thioether (sulfide) groups is 1. The first-order valence-corrected chi connectivity index (χ1v) is 10.8. The van der Waals surface area contributed by atoms with Crippen molar-refractivity contribution in [3.05, 3.63) is 39.4 Å². The topological polar surface area (TPSA) is 63.8 Å². The van der Waals surface area contributed by atoms with Crippen LogP contribution in [0.25, 0.3) is 0 Å². The summed E-state index contributed by atoms with van der Waals surface area (Å²) in [4.78, 5) is 1.39. The normalized spacial score (nSPS) is 13.8. The Labute approximate surface area is 152 Å². The number of anilines is 1. The van der Waals surface area contributed by atoms with Gasteiger partial charge in [0.15, 0.2) is 4.34 Å². The zero-order valence-corrected chi connectivity index (χ0v) is 15.6. The van der Waals surface area contributed by atoms with Gasteiger partial charge in [0, 0.05) is 29.2 Å². The van der Waals surface area contributed by atoms with E-state index in [0.29, 0.717) is 0 Å². The van der Waals surface area contributed by atoms with Crippen LogP contribution in [0.2, 0.25) is 0 Å². The van der Waals surface area contributed by atoms with Crippen molar-refractivity contribution < 1.29 is 4.52 Å². The van der Waals surface area contributed by atoms with Gasteiger partial charge in [-0.05, 0) is 37.1 Å². The molecule has 1 aliphatic carbocycles. The molecule has 0 fully saturated rings. The molecule has 8 heteroatoms. The van der Waals surface area contributed by atoms with Gasteiger partial charge in [-0.25, -0.2) is 0 Å². The van der Waals surface area contributed by atoms with E-state index in [-0.39, 0.29) is 0 Å². The molecule has 5 nitrogen and oxygen atoms in total. The number of hydrogen-bond acceptors (Lipinski definition) is 8. The molecule has 0 saturated heterocycles. The first-order valence-electron chi connectivity index (χ1n) is 8.07. The molecule has 0 atom stereocenters. The Morgan fingerprint density at radius 2 is 2.21 bits per heavy atom. The van der Waals surface area contributed by atoms with E-state index in [4.69, 9.17) is 4.52 Å². The van der Waals surface area contributed by atoms with Crippen molar-refractivity contribution in [3.8, 4) is 0 Å². The minimum atomic E-state index is 0.808. The van der Waals surface area contributed by atoms with Gasteiger partial charge in [0.2, 0.25) is 5.13 Å². The van der Waals surface area contributed by atoms with E-state index < -0.39 is 0 Å². The third kappa shape index (κ3) is 3.81. The molecule has 126 valence electrons. The zero-order valence-electron chi connectivity index (χ0n) is 13.2. The average molecular weight is 379 g/mol. The van der Waals surface area contributed by atoms with Gasteiger partial charge in [0.05, 0.1) is 5.69 Å². The summed E-state index contributed by atoms with van der Waals surface area (Å²) in [6, 6.07) is 4.24. The first kappa shape index (κ1) is 16.1. The third-order valence-electron chi connectivity index (χ3n) is 4.00. The van der Waals surface area contributed by atoms with E-state index in [2.05, 4.69) is 38.2 Å². The molecular weight excluding hydrogens is 360 g/mol. The number of rotatable bonds is 7. The van der Waals surface area contributed by atoms with E-state index >= 15 is 0 Å². The fraction of sp³-hybridized carbons (Fsp3) is 0.438. The van der Waals surface area contributed by atoms with Gasteiger partial charge >= 0.3 is 0 Å². The molecule has 0 saturated carbocycles. The average Bonchev–Trinajstić information content (AvgIpc) is 3.34. The van der Waals surface area contributed by atoms with Gasteiger partial charge in [-0.3, -0.25) is 0 Å². The Balaban J connectivity index is 1.28. The van der Waals surface area contributed by atoms with Gasteiger partial charge in [0.1, 0.15) is 5.76 Å². The van der Waals surface area contributed by atoms with Crippen LogP contribution in [0.4, 0.5) is 5.13 Å². The summed E-state index contributed by atoms with van der Waals surface area (Å²) in [7, 11) is 0. The zero-order chi connectivity index (χ0) is 16.2. The van der Waals surface area contributed by atoms with E-state index in [0.717, 1.165) is 52.5 Å². The number of thiophene rings is 1. The van der Waals surface area contributed by atoms with Gasteiger partial charge < -0.3 is 9.84 Å². The molecule has 4 rings (SSSR count). The predicted octanol–water partition coefficient (Wildman–Crippen LogP) is 4.41. The lowest BCUT2D eigenvalue weighted by Gasteiger charge is -2.08. The summed E-state index contributed by atoms with van der Waals surface area (Å²) in [5.41, 5.74) is 2.41. The van der Waals surface area contributed by atoms with E-state index in [9.17, 15) is 0 Å². The molecule has 24 heavy (non-hydrogen) atoms. The highest BCUT2D eigenvalue weighted by Gasteiger charge is 2.19. The lowest BCUT2D eigenvalue weighted by molar-refractivity contribution is 0.369. The predicted molar refractivity (Wildman–Crippen MR) is 99.1 cm³/mol. The van der Waals surface area contributed by atoms with Crippen molar-refractivity contribution in [3.63, 3.8) is 0 Å². The number of aromatic nitrogens is 3. The highest BCUT2D eigenvalue weighted by molar-refractivity contribution is 8.00. The number of fused-ring (bicyclic) bond motifs is 1. The van der Waals surface area contributed by atoms with Crippen molar-refractivity contribution >= 4 is 39.6 Å². The maximum absolute atomic E-state index is 5.46. The van der Waals surface area contributed by atoms with Crippen molar-refractivity contribution in [2.24, 2.45) is 0 Å². The maximum atomic E-state index is 5.46. The molecule has 1 N–H and O–H groups in total. The highest BCUT2D eigenvalue weighted by atomic mass is 32.2. The maximum Gasteiger partial charge on any atom is 0.206 e. The quantitative estimate of drug-likeness (QED) is 0.614. The van der Waals surface area contributed by atoms with Crippen molar-refractivity contribution in [2.75, 3.05) is 11.9 Å². The smallest absolute Gasteiger partial charge is 0.206 e. The standard InChI is InChI=1S/C16H18N4OS3/c1-2-6-14-12(5-1)13(20-21-14)10-23-16-19-18-15(24-16)17-8-7-11-4-3-9-22-11/h3-4,9H,1-2,5-8,10H2,(H,17,18). The lowest BCUT2D eigenvalue weighted by atomic mass is 9.97. The summed E-state index contributed by atoms with van der Waals surface area (Å²) in [6.45, 7) is 0.886. The minimum Gasteiger partial charge on any atom is -0.361 e. The van der Waals surface area contributed by atoms with Crippen molar-refractivity contribution in [1.82, 2.24) is 15.4 Å². The molecule has 0 aromatic carbocycles. The fourth-order valence-electron chi connectivity index (χ4n) is 2.78. The molecule has 0 unspecified atom stereocenters. The van der Waals surface area contributed by atoms with Crippen LogP contribution in [0.15, 0.2) is 26.4 Å². The van der Waals surface area contributed by atoms with Crippen LogP contribution in [-0.4, -0.2) is 21.9 Å². The summed E-state index contributed by atoms with van der Waals surface area (Å²) in [6.07, 6.45) is 5.60. The summed E-state index contributed by atoms with van der Waals surface area (Å²) in [5, 5.41) is 19.1. The second kappa shape index (κ2) is 7.67. The Morgan fingerprint density at radius 1 is 1.25 bits per heavy atom. The molecule has 3 heterocycles. The second-order valence-corrected chi connectivity index (χ2v) is 8.89. The van der Waals surface area contributed by atoms with Crippen molar-refractivity contribution in [2.45, 2.75) is 42.2 Å². The molecule has 1 aliphatic rings. The molecule has 3 aromatic heterocycles. The Bertz CT molecular complexity index is 781. The highest BCUT2D eigenvalue weighted by Crippen LogP contribution is 2.31. The Morgan fingerprint density at radius 3 is 3.12 bits per heavy atom. The van der Waals surface area contributed by atoms with Crippen LogP contribution in [0.5, 0.6) is 0 Å². The summed E-state index contributed by atoms with van der Waals surface area (Å²) in [5.74, 6) is 1.90. The van der Waals surface area contributed by atoms with Crippen LogP contribution in [0.1, 0.15) is 34.7 Å². The van der Waals surface area contributed by atoms with Gasteiger partial charge in [-0.2, -0.15) is 0 Å². The molecule has 0 aliphatic heterocycles. The molecule has 3 aromatic rings. The van der Waals surface area contributed by atoms with Gasteiger partial charge in [-0.15, -0.1) is 21.5 Å². The third-order valence-corrected chi connectivity index (χ3v) is 6.96. The molecular formula is C16H18N4OS3. The number of nitrogens with one attached hydrogen (secondary N) is 1. The van der Waals surface area contributed by atoms with Gasteiger partial charge in [0.25, 0.3) is 0 Å². The van der Waals surface area contributed by atoms with Crippen LogP contribution >= 0.6 is 34.4 Å². The molecule has 0 radical (unpaired) electrons. The molecule has 0 bridgehead atoms. The van der Waals surface area contributed by atoms with Crippen LogP contribution in [-0.2, 0) is 25.0 Å². The summed E-state index contributed by atoms with van der Waals surface area (Å²) < 4.78 is 6.44. The van der Waals surface area contributed by atoms with Crippen molar-refractivity contribution in [1.29, 1.82) is 0 Å². The number of nitrogens with zero attached hydrogens (tertiary/aromatic N) is 3. The number of hydrogen-bond donors (Lipinski definition) is 1. The van der Waals surface area contributed by atoms with E-state index in [1.54, 1.807) is 34.4 Å². The van der Waals surface area contributed by atoms with Crippen LogP contribution in [0, 0.1) is 0 Å². The first-order chi connectivity index (χ1) is 11.9. The SMILES string of the molecule is c1csc(CCNc2nnc(SCc3noc4c3CCCC4)s2)c1. The molecule has 0 spiro atoms.